The van der Waals surface area contributed by atoms with Crippen LogP contribution in [-0.2, 0) is 0 Å². The van der Waals surface area contributed by atoms with Gasteiger partial charge < -0.3 is 10.1 Å². The molecule has 1 aromatic heterocycles. The summed E-state index contributed by atoms with van der Waals surface area (Å²) >= 11 is 0. The molecule has 4 heteroatoms. The molecule has 0 aliphatic carbocycles. The first kappa shape index (κ1) is 12.1. The van der Waals surface area contributed by atoms with Crippen LogP contribution in [0.2, 0.25) is 0 Å². The summed E-state index contributed by atoms with van der Waals surface area (Å²) in [6.07, 6.45) is 1.64. The highest BCUT2D eigenvalue weighted by Crippen LogP contribution is 2.17. The Kier molecular flexibility index (Phi) is 3.57. The second-order valence-electron chi connectivity index (χ2n) is 3.85. The molecule has 0 aliphatic rings. The van der Waals surface area contributed by atoms with Crippen LogP contribution in [0.1, 0.15) is 15.9 Å². The molecule has 1 aromatic carbocycles. The van der Waals surface area contributed by atoms with Crippen molar-refractivity contribution in [2.75, 3.05) is 12.4 Å². The van der Waals surface area contributed by atoms with E-state index in [4.69, 9.17) is 4.74 Å². The fourth-order valence-electron chi connectivity index (χ4n) is 1.64. The zero-order chi connectivity index (χ0) is 13.0. The van der Waals surface area contributed by atoms with Crippen LogP contribution in [0.25, 0.3) is 0 Å². The second kappa shape index (κ2) is 5.31. The summed E-state index contributed by atoms with van der Waals surface area (Å²) in [7, 11) is 1.60. The van der Waals surface area contributed by atoms with Crippen molar-refractivity contribution in [3.8, 4) is 5.75 Å². The maximum Gasteiger partial charge on any atom is 0.257 e. The number of aryl methyl sites for hydroxylation is 1. The van der Waals surface area contributed by atoms with Gasteiger partial charge in [0, 0.05) is 11.8 Å². The van der Waals surface area contributed by atoms with Crippen LogP contribution in [0.3, 0.4) is 0 Å². The molecule has 92 valence electrons. The summed E-state index contributed by atoms with van der Waals surface area (Å²) in [4.78, 5) is 16.1. The van der Waals surface area contributed by atoms with E-state index in [9.17, 15) is 4.79 Å². The highest BCUT2D eigenvalue weighted by Gasteiger charge is 2.10. The third kappa shape index (κ3) is 2.66. The highest BCUT2D eigenvalue weighted by atomic mass is 16.5. The van der Waals surface area contributed by atoms with Crippen LogP contribution in [0, 0.1) is 6.92 Å². The van der Waals surface area contributed by atoms with E-state index in [1.165, 1.54) is 0 Å². The third-order valence-corrected chi connectivity index (χ3v) is 2.58. The van der Waals surface area contributed by atoms with E-state index in [0.717, 1.165) is 11.3 Å². The number of anilines is 1. The van der Waals surface area contributed by atoms with Gasteiger partial charge in [0.2, 0.25) is 0 Å². The summed E-state index contributed by atoms with van der Waals surface area (Å²) in [5.74, 6) is 1.11. The first-order valence-electron chi connectivity index (χ1n) is 5.58. The van der Waals surface area contributed by atoms with E-state index in [2.05, 4.69) is 10.3 Å². The van der Waals surface area contributed by atoms with Crippen LogP contribution in [-0.4, -0.2) is 18.0 Å². The summed E-state index contributed by atoms with van der Waals surface area (Å²) in [6.45, 7) is 1.87. The number of methoxy groups -OCH3 is 1. The van der Waals surface area contributed by atoms with Crippen LogP contribution in [0.15, 0.2) is 42.6 Å². The molecule has 4 nitrogen and oxygen atoms in total. The van der Waals surface area contributed by atoms with Gasteiger partial charge in [0.25, 0.3) is 5.91 Å². The molecule has 2 aromatic rings. The predicted octanol–water partition coefficient (Wildman–Crippen LogP) is 2.65. The Hall–Kier alpha value is -2.36. The van der Waals surface area contributed by atoms with Gasteiger partial charge in [-0.25, -0.2) is 4.98 Å². The topological polar surface area (TPSA) is 51.2 Å². The quantitative estimate of drug-likeness (QED) is 0.900. The molecule has 2 rings (SSSR count). The maximum absolute atomic E-state index is 12.0. The minimum Gasteiger partial charge on any atom is -0.497 e. The molecule has 0 fully saturated rings. The van der Waals surface area contributed by atoms with Gasteiger partial charge in [-0.2, -0.15) is 0 Å². The lowest BCUT2D eigenvalue weighted by atomic mass is 10.1. The molecular formula is C14H14N2O2. The Balaban J connectivity index is 2.19. The van der Waals surface area contributed by atoms with Gasteiger partial charge in [0.1, 0.15) is 11.6 Å². The van der Waals surface area contributed by atoms with E-state index in [0.29, 0.717) is 11.4 Å². The lowest BCUT2D eigenvalue weighted by molar-refractivity contribution is 0.102. The summed E-state index contributed by atoms with van der Waals surface area (Å²) < 4.78 is 5.10. The van der Waals surface area contributed by atoms with Gasteiger partial charge in [-0.05, 0) is 42.8 Å². The number of rotatable bonds is 3. The van der Waals surface area contributed by atoms with Crippen molar-refractivity contribution in [3.63, 3.8) is 0 Å². The van der Waals surface area contributed by atoms with Crippen molar-refractivity contribution < 1.29 is 9.53 Å². The van der Waals surface area contributed by atoms with Crippen molar-refractivity contribution in [2.45, 2.75) is 6.92 Å². The number of hydrogen-bond acceptors (Lipinski definition) is 3. The van der Waals surface area contributed by atoms with Gasteiger partial charge in [0.05, 0.1) is 7.11 Å². The zero-order valence-electron chi connectivity index (χ0n) is 10.3. The number of carbonyl (C=O) groups excluding carboxylic acids is 1. The summed E-state index contributed by atoms with van der Waals surface area (Å²) in [5.41, 5.74) is 1.48. The van der Waals surface area contributed by atoms with Crippen molar-refractivity contribution in [3.05, 3.63) is 53.7 Å². The Morgan fingerprint density at radius 3 is 2.72 bits per heavy atom. The Labute approximate surface area is 106 Å². The fourth-order valence-corrected chi connectivity index (χ4v) is 1.64. The molecule has 18 heavy (non-hydrogen) atoms. The Morgan fingerprint density at radius 2 is 2.11 bits per heavy atom. The first-order chi connectivity index (χ1) is 8.70. The number of ether oxygens (including phenoxy) is 1. The van der Waals surface area contributed by atoms with E-state index >= 15 is 0 Å². The average Bonchev–Trinajstić information content (AvgIpc) is 2.39. The molecule has 0 aliphatic heterocycles. The van der Waals surface area contributed by atoms with Crippen molar-refractivity contribution >= 4 is 11.7 Å². The number of pyridine rings is 1. The van der Waals surface area contributed by atoms with E-state index in [1.807, 2.05) is 19.1 Å². The number of benzene rings is 1. The van der Waals surface area contributed by atoms with Gasteiger partial charge in [-0.3, -0.25) is 4.79 Å². The second-order valence-corrected chi connectivity index (χ2v) is 3.85. The molecule has 0 bridgehead atoms. The minimum atomic E-state index is -0.172. The standard InChI is InChI=1S/C14H14N2O2/c1-10-9-11(18-2)6-7-12(10)14(17)16-13-5-3-4-8-15-13/h3-9H,1-2H3,(H,15,16,17). The van der Waals surface area contributed by atoms with Crippen LogP contribution in [0.5, 0.6) is 5.75 Å². The first-order valence-corrected chi connectivity index (χ1v) is 5.58. The highest BCUT2D eigenvalue weighted by molar-refractivity contribution is 6.04. The molecule has 0 spiro atoms. The van der Waals surface area contributed by atoms with Crippen molar-refractivity contribution in [1.82, 2.24) is 4.98 Å². The van der Waals surface area contributed by atoms with Gasteiger partial charge in [0.15, 0.2) is 0 Å². The lowest BCUT2D eigenvalue weighted by Gasteiger charge is -2.08. The van der Waals surface area contributed by atoms with E-state index < -0.39 is 0 Å². The van der Waals surface area contributed by atoms with Crippen LogP contribution in [0.4, 0.5) is 5.82 Å². The van der Waals surface area contributed by atoms with Crippen molar-refractivity contribution in [1.29, 1.82) is 0 Å². The molecule has 0 saturated carbocycles. The molecule has 0 radical (unpaired) electrons. The van der Waals surface area contributed by atoms with Crippen LogP contribution >= 0.6 is 0 Å². The third-order valence-electron chi connectivity index (χ3n) is 2.58. The maximum atomic E-state index is 12.0. The van der Waals surface area contributed by atoms with E-state index in [-0.39, 0.29) is 5.91 Å². The molecule has 0 unspecified atom stereocenters. The number of nitrogens with zero attached hydrogens (tertiary/aromatic N) is 1. The minimum absolute atomic E-state index is 0.172. The molecule has 1 N–H and O–H groups in total. The van der Waals surface area contributed by atoms with Gasteiger partial charge in [-0.1, -0.05) is 6.07 Å². The smallest absolute Gasteiger partial charge is 0.257 e. The number of aromatic nitrogens is 1. The Morgan fingerprint density at radius 1 is 1.28 bits per heavy atom. The van der Waals surface area contributed by atoms with Crippen LogP contribution < -0.4 is 10.1 Å². The normalized spacial score (nSPS) is 9.89. The SMILES string of the molecule is COc1ccc(C(=O)Nc2ccccn2)c(C)c1. The van der Waals surface area contributed by atoms with Gasteiger partial charge >= 0.3 is 0 Å². The average molecular weight is 242 g/mol. The predicted molar refractivity (Wildman–Crippen MR) is 69.9 cm³/mol. The largest absolute Gasteiger partial charge is 0.497 e. The number of nitrogens with one attached hydrogen (secondary N) is 1. The zero-order valence-corrected chi connectivity index (χ0v) is 10.3. The molecule has 1 heterocycles. The summed E-state index contributed by atoms with van der Waals surface area (Å²) in [5, 5.41) is 2.75. The fraction of sp³-hybridized carbons (Fsp3) is 0.143. The van der Waals surface area contributed by atoms with Crippen molar-refractivity contribution in [2.24, 2.45) is 0 Å². The molecular weight excluding hydrogens is 228 g/mol. The molecule has 0 atom stereocenters. The molecule has 0 saturated heterocycles. The summed E-state index contributed by atoms with van der Waals surface area (Å²) in [6, 6.07) is 10.7. The van der Waals surface area contributed by atoms with Gasteiger partial charge in [-0.15, -0.1) is 0 Å². The number of amides is 1. The van der Waals surface area contributed by atoms with E-state index in [1.54, 1.807) is 37.6 Å². The number of hydrogen-bond donors (Lipinski definition) is 1. The number of carbonyl (C=O) groups is 1. The monoisotopic (exact) mass is 242 g/mol. The Bertz CT molecular complexity index is 553. The lowest BCUT2D eigenvalue weighted by Crippen LogP contribution is -2.14. The molecule has 1 amide bonds.